The van der Waals surface area contributed by atoms with Gasteiger partial charge >= 0.3 is 65.0 Å². The Bertz CT molecular complexity index is 207. The molecule has 1 amide bonds. The summed E-state index contributed by atoms with van der Waals surface area (Å²) in [5, 5.41) is 0. The fourth-order valence-corrected chi connectivity index (χ4v) is 0.734. The topological polar surface area (TPSA) is 29.5 Å². The quantitative estimate of drug-likeness (QED) is 0.428. The maximum Gasteiger partial charge on any atom is 1.00 e. The predicted octanol–water partition coefficient (Wildman–Crippen LogP) is -0.675. The van der Waals surface area contributed by atoms with Crippen molar-refractivity contribution in [3.8, 4) is 0 Å². The van der Waals surface area contributed by atoms with Crippen molar-refractivity contribution >= 4 is 13.6 Å². The van der Waals surface area contributed by atoms with Crippen LogP contribution in [0.5, 0.6) is 0 Å². The smallest absolute Gasteiger partial charge is 0.444 e. The molecule has 0 spiro atoms. The third-order valence-corrected chi connectivity index (χ3v) is 1.35. The van der Waals surface area contributed by atoms with Gasteiger partial charge in [-0.1, -0.05) is 0 Å². The van der Waals surface area contributed by atoms with E-state index in [1.54, 1.807) is 4.90 Å². The van der Waals surface area contributed by atoms with Gasteiger partial charge in [0.1, 0.15) is 5.60 Å². The number of likely N-dealkylation sites (tertiary alicyclic amines) is 1. The molecule has 1 rings (SSSR count). The Kier molecular flexibility index (Phi) is 10.5. The fourth-order valence-electron chi connectivity index (χ4n) is 0.734. The Morgan fingerprint density at radius 1 is 1.31 bits per heavy atom. The largest absolute Gasteiger partial charge is 1.00 e. The zero-order valence-corrected chi connectivity index (χ0v) is 13.1. The Balaban J connectivity index is 0. The van der Waals surface area contributed by atoms with E-state index in [0.717, 1.165) is 13.1 Å². The standard InChI is InChI=1S/C8H14NO2.BF3.K/c1-8(2,3)11-7(10)9-5-4-6-9;2-1(3)4;/h4H,5-6H2,1-3H3;;/q-1;;+1. The number of halogens is 3. The van der Waals surface area contributed by atoms with E-state index in [0.29, 0.717) is 0 Å². The van der Waals surface area contributed by atoms with Gasteiger partial charge in [-0.2, -0.15) is 0 Å². The molecule has 1 aliphatic heterocycles. The molecule has 0 aromatic carbocycles. The van der Waals surface area contributed by atoms with E-state index < -0.39 is 7.54 Å². The van der Waals surface area contributed by atoms with Crippen molar-refractivity contribution < 1.29 is 73.9 Å². The van der Waals surface area contributed by atoms with Gasteiger partial charge in [0.15, 0.2) is 0 Å². The van der Waals surface area contributed by atoms with Gasteiger partial charge in [-0.3, -0.25) is 19.4 Å². The van der Waals surface area contributed by atoms with E-state index in [1.165, 1.54) is 0 Å². The van der Waals surface area contributed by atoms with Crippen molar-refractivity contribution in [3.05, 3.63) is 6.42 Å². The first-order valence-electron chi connectivity index (χ1n) is 4.44. The molecule has 0 N–H and O–H groups in total. The van der Waals surface area contributed by atoms with E-state index in [4.69, 9.17) is 4.74 Å². The monoisotopic (exact) mass is 263 g/mol. The number of carbonyl (C=O) groups excluding carboxylic acids is 1. The van der Waals surface area contributed by atoms with Crippen LogP contribution in [0.3, 0.4) is 0 Å². The van der Waals surface area contributed by atoms with Crippen LogP contribution >= 0.6 is 0 Å². The van der Waals surface area contributed by atoms with Gasteiger partial charge in [-0.25, -0.2) is 4.79 Å². The molecule has 0 aromatic rings. The first-order chi connectivity index (χ1) is 6.72. The minimum atomic E-state index is -3.67. The molecule has 3 nitrogen and oxygen atoms in total. The molecule has 1 heterocycles. The average molecular weight is 263 g/mol. The molecule has 0 atom stereocenters. The second-order valence-electron chi connectivity index (χ2n) is 3.92. The molecule has 8 heteroatoms. The molecule has 1 fully saturated rings. The van der Waals surface area contributed by atoms with Crippen LogP contribution in [0.4, 0.5) is 17.7 Å². The van der Waals surface area contributed by atoms with E-state index >= 15 is 0 Å². The van der Waals surface area contributed by atoms with Crippen LogP contribution in [0, 0.1) is 6.42 Å². The van der Waals surface area contributed by atoms with E-state index in [-0.39, 0.29) is 63.1 Å². The second-order valence-corrected chi connectivity index (χ2v) is 3.92. The molecule has 0 aromatic heterocycles. The fraction of sp³-hybridized carbons (Fsp3) is 0.750. The van der Waals surface area contributed by atoms with Crippen molar-refractivity contribution in [2.75, 3.05) is 13.1 Å². The Morgan fingerprint density at radius 3 is 1.88 bits per heavy atom. The van der Waals surface area contributed by atoms with Crippen molar-refractivity contribution in [1.29, 1.82) is 0 Å². The van der Waals surface area contributed by atoms with Gasteiger partial charge in [0.05, 0.1) is 0 Å². The molecule has 16 heavy (non-hydrogen) atoms. The summed E-state index contributed by atoms with van der Waals surface area (Å²) in [5.41, 5.74) is -0.368. The van der Waals surface area contributed by atoms with Crippen LogP contribution in [-0.2, 0) is 4.74 Å². The summed E-state index contributed by atoms with van der Waals surface area (Å²) in [6, 6.07) is 0. The summed E-state index contributed by atoms with van der Waals surface area (Å²) in [6.45, 7) is 7.07. The van der Waals surface area contributed by atoms with Crippen molar-refractivity contribution in [1.82, 2.24) is 4.90 Å². The zero-order chi connectivity index (χ0) is 12.1. The van der Waals surface area contributed by atoms with Crippen LogP contribution < -0.4 is 51.4 Å². The SMILES string of the molecule is CC(C)(C)OC(=O)N1C[CH-]C1.FB(F)F.[K+]. The zero-order valence-electron chi connectivity index (χ0n) is 9.97. The number of amides is 1. The molecule has 0 aliphatic carbocycles. The Hall–Kier alpha value is 0.761. The van der Waals surface area contributed by atoms with Gasteiger partial charge in [-0.15, -0.1) is 13.1 Å². The molecule has 88 valence electrons. The molecule has 0 radical (unpaired) electrons. The summed E-state index contributed by atoms with van der Waals surface area (Å²) in [6.07, 6.45) is 1.82. The third-order valence-electron chi connectivity index (χ3n) is 1.35. The minimum absolute atomic E-state index is 0. The van der Waals surface area contributed by atoms with Crippen molar-refractivity contribution in [2.24, 2.45) is 0 Å². The molecular weight excluding hydrogens is 249 g/mol. The van der Waals surface area contributed by atoms with Crippen LogP contribution in [0.15, 0.2) is 0 Å². The number of ether oxygens (including phenoxy) is 1. The molecule has 0 saturated carbocycles. The summed E-state index contributed by atoms with van der Waals surface area (Å²) in [4.78, 5) is 12.8. The molecular formula is C8H14BF3KNO2. The first kappa shape index (κ1) is 19.1. The normalized spacial score (nSPS) is 13.8. The molecule has 0 unspecified atom stereocenters. The number of rotatable bonds is 0. The van der Waals surface area contributed by atoms with Crippen LogP contribution in [0.1, 0.15) is 20.8 Å². The number of hydrogen-bond acceptors (Lipinski definition) is 2. The summed E-state index contributed by atoms with van der Waals surface area (Å²) < 4.78 is 34.1. The number of carbonyl (C=O) groups is 1. The van der Waals surface area contributed by atoms with Gasteiger partial charge < -0.3 is 9.64 Å². The molecule has 1 aliphatic rings. The van der Waals surface area contributed by atoms with Crippen LogP contribution in [-0.4, -0.2) is 37.2 Å². The molecule has 0 bridgehead atoms. The van der Waals surface area contributed by atoms with Gasteiger partial charge in [-0.05, 0) is 20.8 Å². The van der Waals surface area contributed by atoms with Crippen LogP contribution in [0.2, 0.25) is 0 Å². The summed E-state index contributed by atoms with van der Waals surface area (Å²) >= 11 is 0. The van der Waals surface area contributed by atoms with Crippen LogP contribution in [0.25, 0.3) is 0 Å². The average Bonchev–Trinajstić information content (AvgIpc) is 1.73. The second kappa shape index (κ2) is 8.79. The maximum atomic E-state index is 11.1. The van der Waals surface area contributed by atoms with Gasteiger partial charge in [0, 0.05) is 0 Å². The summed E-state index contributed by atoms with van der Waals surface area (Å²) in [5.74, 6) is 0. The summed E-state index contributed by atoms with van der Waals surface area (Å²) in [7, 11) is -3.67. The molecule has 1 saturated heterocycles. The maximum absolute atomic E-state index is 11.1. The third kappa shape index (κ3) is 11.3. The van der Waals surface area contributed by atoms with E-state index in [9.17, 15) is 17.7 Å². The van der Waals surface area contributed by atoms with E-state index in [2.05, 4.69) is 0 Å². The van der Waals surface area contributed by atoms with Crippen molar-refractivity contribution in [3.63, 3.8) is 0 Å². The van der Waals surface area contributed by atoms with Crippen molar-refractivity contribution in [2.45, 2.75) is 26.4 Å². The predicted molar refractivity (Wildman–Crippen MR) is 51.2 cm³/mol. The van der Waals surface area contributed by atoms with Gasteiger partial charge in [0.2, 0.25) is 0 Å². The number of nitrogens with zero attached hydrogens (tertiary/aromatic N) is 1. The Morgan fingerprint density at radius 2 is 1.69 bits per heavy atom. The first-order valence-corrected chi connectivity index (χ1v) is 4.44. The van der Waals surface area contributed by atoms with E-state index in [1.807, 2.05) is 27.2 Å². The van der Waals surface area contributed by atoms with Gasteiger partial charge in [0.25, 0.3) is 0 Å². The Labute approximate surface area is 137 Å². The number of hydrogen-bond donors (Lipinski definition) is 0. The minimum Gasteiger partial charge on any atom is -0.444 e.